The first-order valence-corrected chi connectivity index (χ1v) is 7.55. The molecule has 10 heteroatoms. The average Bonchev–Trinajstić information content (AvgIpc) is 2.62. The van der Waals surface area contributed by atoms with Crippen LogP contribution in [0.3, 0.4) is 0 Å². The van der Waals surface area contributed by atoms with Crippen molar-refractivity contribution < 1.29 is 19.6 Å². The fraction of sp³-hybridized carbons (Fsp3) is 0.0588. The maximum Gasteiger partial charge on any atom is 0.279 e. The molecule has 138 valence electrons. The second kappa shape index (κ2) is 8.34. The predicted molar refractivity (Wildman–Crippen MR) is 96.5 cm³/mol. The molecule has 0 unspecified atom stereocenters. The zero-order valence-electron chi connectivity index (χ0n) is 14.1. The van der Waals surface area contributed by atoms with E-state index in [-0.39, 0.29) is 22.6 Å². The number of nitro groups is 1. The van der Waals surface area contributed by atoms with Crippen molar-refractivity contribution in [3.05, 3.63) is 75.7 Å². The van der Waals surface area contributed by atoms with Gasteiger partial charge in [-0.2, -0.15) is 5.11 Å². The highest BCUT2D eigenvalue weighted by Crippen LogP contribution is 2.20. The number of azo groups is 1. The number of non-ortho nitro benzene ring substituents is 1. The highest BCUT2D eigenvalue weighted by atomic mass is 16.6. The molecule has 0 fully saturated rings. The van der Waals surface area contributed by atoms with Gasteiger partial charge in [0.1, 0.15) is 5.76 Å². The summed E-state index contributed by atoms with van der Waals surface area (Å²) in [7, 11) is 0. The van der Waals surface area contributed by atoms with E-state index in [1.165, 1.54) is 55.5 Å². The van der Waals surface area contributed by atoms with Gasteiger partial charge < -0.3 is 16.2 Å². The van der Waals surface area contributed by atoms with Gasteiger partial charge in [-0.1, -0.05) is 6.07 Å². The molecule has 0 aliphatic heterocycles. The Balaban J connectivity index is 2.18. The quantitative estimate of drug-likeness (QED) is 0.234. The summed E-state index contributed by atoms with van der Waals surface area (Å²) in [4.78, 5) is 33.5. The van der Waals surface area contributed by atoms with E-state index in [1.54, 1.807) is 0 Å². The van der Waals surface area contributed by atoms with E-state index >= 15 is 0 Å². The van der Waals surface area contributed by atoms with Gasteiger partial charge in [-0.25, -0.2) is 0 Å². The number of rotatable bonds is 6. The van der Waals surface area contributed by atoms with Gasteiger partial charge in [0, 0.05) is 23.4 Å². The van der Waals surface area contributed by atoms with Crippen LogP contribution in [0.25, 0.3) is 0 Å². The first kappa shape index (κ1) is 19.2. The summed E-state index contributed by atoms with van der Waals surface area (Å²) in [6.45, 7) is 1.25. The first-order chi connectivity index (χ1) is 12.8. The smallest absolute Gasteiger partial charge is 0.279 e. The number of carbonyl (C=O) groups excluding carboxylic acids is 2. The van der Waals surface area contributed by atoms with Gasteiger partial charge in [0.2, 0.25) is 5.91 Å². The summed E-state index contributed by atoms with van der Waals surface area (Å²) >= 11 is 0. The number of benzene rings is 2. The molecular weight excluding hydrogens is 354 g/mol. The topological polar surface area (TPSA) is 160 Å². The zero-order valence-corrected chi connectivity index (χ0v) is 14.1. The Morgan fingerprint density at radius 2 is 1.85 bits per heavy atom. The number of nitrogens with zero attached hydrogens (tertiary/aromatic N) is 3. The molecular formula is C17H15N5O5. The molecule has 0 aliphatic carbocycles. The molecule has 2 aromatic carbocycles. The molecule has 0 aromatic heterocycles. The number of nitrogens with two attached hydrogens (primary N) is 1. The van der Waals surface area contributed by atoms with E-state index in [9.17, 15) is 24.8 Å². The molecule has 0 atom stereocenters. The second-order valence-electron chi connectivity index (χ2n) is 5.31. The Hall–Kier alpha value is -4.08. The van der Waals surface area contributed by atoms with Crippen LogP contribution in [0, 0.1) is 10.1 Å². The van der Waals surface area contributed by atoms with Gasteiger partial charge in [-0.3, -0.25) is 19.7 Å². The second-order valence-corrected chi connectivity index (χ2v) is 5.31. The van der Waals surface area contributed by atoms with Crippen molar-refractivity contribution in [3.63, 3.8) is 0 Å². The maximum absolute atomic E-state index is 12.3. The van der Waals surface area contributed by atoms with Crippen molar-refractivity contribution in [3.8, 4) is 0 Å². The van der Waals surface area contributed by atoms with Crippen molar-refractivity contribution in [1.82, 2.24) is 0 Å². The van der Waals surface area contributed by atoms with E-state index in [0.717, 1.165) is 0 Å². The number of aliphatic hydroxyl groups is 1. The minimum absolute atomic E-state index is 0.161. The summed E-state index contributed by atoms with van der Waals surface area (Å²) in [5, 5.41) is 30.4. The largest absolute Gasteiger partial charge is 0.510 e. The number of nitrogens with one attached hydrogen (secondary N) is 1. The van der Waals surface area contributed by atoms with Crippen LogP contribution in [0.4, 0.5) is 17.1 Å². The Morgan fingerprint density at radius 3 is 2.41 bits per heavy atom. The van der Waals surface area contributed by atoms with E-state index in [4.69, 9.17) is 5.73 Å². The van der Waals surface area contributed by atoms with Gasteiger partial charge in [-0.05, 0) is 37.3 Å². The molecule has 0 bridgehead atoms. The van der Waals surface area contributed by atoms with Crippen molar-refractivity contribution in [2.45, 2.75) is 6.92 Å². The highest BCUT2D eigenvalue weighted by molar-refractivity contribution is 6.03. The molecule has 0 saturated heterocycles. The molecule has 0 heterocycles. The van der Waals surface area contributed by atoms with Crippen molar-refractivity contribution in [2.24, 2.45) is 16.0 Å². The van der Waals surface area contributed by atoms with Crippen LogP contribution >= 0.6 is 0 Å². The monoisotopic (exact) mass is 369 g/mol. The van der Waals surface area contributed by atoms with Crippen LogP contribution in [0.15, 0.2) is 70.2 Å². The van der Waals surface area contributed by atoms with Crippen molar-refractivity contribution in [1.29, 1.82) is 0 Å². The lowest BCUT2D eigenvalue weighted by Gasteiger charge is -2.05. The zero-order chi connectivity index (χ0) is 20.0. The van der Waals surface area contributed by atoms with Gasteiger partial charge in [-0.15, -0.1) is 5.11 Å². The van der Waals surface area contributed by atoms with Crippen LogP contribution in [-0.2, 0) is 4.79 Å². The Bertz CT molecular complexity index is 946. The Morgan fingerprint density at radius 1 is 1.19 bits per heavy atom. The number of amides is 2. The molecule has 2 amide bonds. The third kappa shape index (κ3) is 5.19. The molecule has 0 aliphatic rings. The van der Waals surface area contributed by atoms with E-state index < -0.39 is 22.5 Å². The third-order valence-electron chi connectivity index (χ3n) is 3.29. The van der Waals surface area contributed by atoms with E-state index in [0.29, 0.717) is 5.69 Å². The summed E-state index contributed by atoms with van der Waals surface area (Å²) in [6.07, 6.45) is 0. The van der Waals surface area contributed by atoms with Crippen LogP contribution in [-0.4, -0.2) is 21.8 Å². The van der Waals surface area contributed by atoms with Crippen LogP contribution in [0.5, 0.6) is 0 Å². The first-order valence-electron chi connectivity index (χ1n) is 7.55. The molecule has 10 nitrogen and oxygen atoms in total. The third-order valence-corrected chi connectivity index (χ3v) is 3.29. The van der Waals surface area contributed by atoms with Crippen LogP contribution in [0.2, 0.25) is 0 Å². The van der Waals surface area contributed by atoms with Gasteiger partial charge in [0.05, 0.1) is 10.6 Å². The number of carbonyl (C=O) groups is 2. The van der Waals surface area contributed by atoms with Crippen molar-refractivity contribution >= 4 is 28.9 Å². The fourth-order valence-electron chi connectivity index (χ4n) is 1.97. The standard InChI is InChI=1S/C17H15N5O5/c1-10(23)15(21-20-12-7-5-11(6-8-12)16(18)24)17(25)19-13-3-2-4-14(9-13)22(26)27/h2-9,23H,1H3,(H2,18,24)(H,19,25). The van der Waals surface area contributed by atoms with Crippen molar-refractivity contribution in [2.75, 3.05) is 5.32 Å². The molecule has 2 aromatic rings. The lowest BCUT2D eigenvalue weighted by atomic mass is 10.2. The number of hydrogen-bond donors (Lipinski definition) is 3. The van der Waals surface area contributed by atoms with Crippen LogP contribution in [0.1, 0.15) is 17.3 Å². The van der Waals surface area contributed by atoms with Gasteiger partial charge in [0.15, 0.2) is 5.70 Å². The van der Waals surface area contributed by atoms with E-state index in [1.807, 2.05) is 0 Å². The number of allylic oxidation sites excluding steroid dienone is 1. The number of aliphatic hydroxyl groups excluding tert-OH is 1. The van der Waals surface area contributed by atoms with Gasteiger partial charge >= 0.3 is 0 Å². The molecule has 0 spiro atoms. The SMILES string of the molecule is CC(O)=C(N=Nc1ccc(C(N)=O)cc1)C(=O)Nc1cccc([N+](=O)[O-])c1. The number of anilines is 1. The number of nitro benzene ring substituents is 1. The molecule has 4 N–H and O–H groups in total. The fourth-order valence-corrected chi connectivity index (χ4v) is 1.97. The highest BCUT2D eigenvalue weighted by Gasteiger charge is 2.15. The molecule has 0 radical (unpaired) electrons. The minimum Gasteiger partial charge on any atom is -0.510 e. The Labute approximate surface area is 153 Å². The summed E-state index contributed by atoms with van der Waals surface area (Å²) in [6, 6.07) is 11.1. The molecule has 27 heavy (non-hydrogen) atoms. The molecule has 0 saturated carbocycles. The van der Waals surface area contributed by atoms with Crippen LogP contribution < -0.4 is 11.1 Å². The average molecular weight is 369 g/mol. The number of primary amides is 1. The Kier molecular flexibility index (Phi) is 5.94. The normalized spacial score (nSPS) is 11.7. The summed E-state index contributed by atoms with van der Waals surface area (Å²) in [5.41, 5.74) is 5.33. The summed E-state index contributed by atoms with van der Waals surface area (Å²) < 4.78 is 0. The lowest BCUT2D eigenvalue weighted by molar-refractivity contribution is -0.384. The van der Waals surface area contributed by atoms with Gasteiger partial charge in [0.25, 0.3) is 11.6 Å². The predicted octanol–water partition coefficient (Wildman–Crippen LogP) is 3.21. The lowest BCUT2D eigenvalue weighted by Crippen LogP contribution is -2.14. The van der Waals surface area contributed by atoms with E-state index in [2.05, 4.69) is 15.5 Å². The maximum atomic E-state index is 12.3. The minimum atomic E-state index is -0.798. The number of hydrogen-bond acceptors (Lipinski definition) is 7. The summed E-state index contributed by atoms with van der Waals surface area (Å²) in [5.74, 6) is -1.79. The molecule has 2 rings (SSSR count).